The summed E-state index contributed by atoms with van der Waals surface area (Å²) in [5, 5.41) is 47.8. The third kappa shape index (κ3) is 6.46. The summed E-state index contributed by atoms with van der Waals surface area (Å²) in [5.41, 5.74) is 6.88. The van der Waals surface area contributed by atoms with Crippen LogP contribution in [0, 0.1) is 0 Å². The van der Waals surface area contributed by atoms with Gasteiger partial charge in [-0.15, -0.1) is 0 Å². The molecule has 0 aliphatic rings. The molecule has 0 heterocycles. The van der Waals surface area contributed by atoms with Crippen LogP contribution in [0.3, 0.4) is 0 Å². The van der Waals surface area contributed by atoms with Crippen molar-refractivity contribution in [2.24, 2.45) is 10.2 Å². The molecule has 8 heteroatoms. The SMILES string of the molecule is C[C@H](O)[C@H](O)[C@H](O)[C@H](O)C(/C=N\Nc1ccccc1)=N/Nc1ccccc1. The van der Waals surface area contributed by atoms with Crippen LogP contribution in [-0.4, -0.2) is 56.8 Å². The topological polar surface area (TPSA) is 130 Å². The third-order valence-electron chi connectivity index (χ3n) is 3.72. The van der Waals surface area contributed by atoms with Gasteiger partial charge in [0.15, 0.2) is 0 Å². The number of para-hydroxylation sites is 2. The molecule has 0 aliphatic carbocycles. The Kier molecular flexibility index (Phi) is 7.90. The smallest absolute Gasteiger partial charge is 0.128 e. The number of aliphatic hydroxyl groups excluding tert-OH is 4. The van der Waals surface area contributed by atoms with Gasteiger partial charge in [0.2, 0.25) is 0 Å². The Morgan fingerprint density at radius 2 is 1.33 bits per heavy atom. The standard InChI is InChI=1S/C19H24N4O4/c1-13(24)17(25)19(27)18(26)16(23-22-15-10-6-3-7-11-15)12-20-21-14-8-4-2-5-9-14/h2-13,17-19,21-22,24-27H,1H3/b20-12-,23-16+/t13-,17-,18+,19-/m0/s1. The Labute approximate surface area is 157 Å². The lowest BCUT2D eigenvalue weighted by Crippen LogP contribution is -2.47. The summed E-state index contributed by atoms with van der Waals surface area (Å²) in [6.07, 6.45) is -4.77. The van der Waals surface area contributed by atoms with Crippen LogP contribution in [0.5, 0.6) is 0 Å². The predicted octanol–water partition coefficient (Wildman–Crippen LogP) is 1.02. The van der Waals surface area contributed by atoms with Crippen LogP contribution in [0.1, 0.15) is 6.92 Å². The van der Waals surface area contributed by atoms with Crippen molar-refractivity contribution in [2.75, 3.05) is 10.9 Å². The Morgan fingerprint density at radius 3 is 1.85 bits per heavy atom. The Hall–Kier alpha value is -2.78. The number of hydrogen-bond acceptors (Lipinski definition) is 8. The second-order valence-corrected chi connectivity index (χ2v) is 5.92. The molecule has 2 rings (SSSR count). The summed E-state index contributed by atoms with van der Waals surface area (Å²) >= 11 is 0. The molecule has 0 amide bonds. The number of hydrogen-bond donors (Lipinski definition) is 6. The molecule has 0 unspecified atom stereocenters. The van der Waals surface area contributed by atoms with E-state index in [9.17, 15) is 20.4 Å². The third-order valence-corrected chi connectivity index (χ3v) is 3.72. The highest BCUT2D eigenvalue weighted by atomic mass is 16.4. The number of aliphatic hydroxyl groups is 4. The zero-order valence-electron chi connectivity index (χ0n) is 14.8. The molecule has 0 saturated carbocycles. The van der Waals surface area contributed by atoms with Crippen molar-refractivity contribution < 1.29 is 20.4 Å². The highest BCUT2D eigenvalue weighted by Gasteiger charge is 2.31. The number of hydrazone groups is 2. The quantitative estimate of drug-likeness (QED) is 0.288. The lowest BCUT2D eigenvalue weighted by Gasteiger charge is -2.24. The van der Waals surface area contributed by atoms with Gasteiger partial charge in [-0.05, 0) is 31.2 Å². The minimum Gasteiger partial charge on any atom is -0.391 e. The normalized spacial score (nSPS) is 16.6. The predicted molar refractivity (Wildman–Crippen MR) is 106 cm³/mol. The van der Waals surface area contributed by atoms with Crippen molar-refractivity contribution in [3.63, 3.8) is 0 Å². The Balaban J connectivity index is 2.16. The molecule has 0 fully saturated rings. The molecule has 2 aromatic rings. The average molecular weight is 372 g/mol. The van der Waals surface area contributed by atoms with Gasteiger partial charge in [-0.25, -0.2) is 0 Å². The highest BCUT2D eigenvalue weighted by molar-refractivity contribution is 6.33. The van der Waals surface area contributed by atoms with Crippen LogP contribution in [0.2, 0.25) is 0 Å². The minimum absolute atomic E-state index is 0.0329. The summed E-state index contributed by atoms with van der Waals surface area (Å²) < 4.78 is 0. The van der Waals surface area contributed by atoms with Crippen LogP contribution in [0.25, 0.3) is 0 Å². The van der Waals surface area contributed by atoms with Crippen LogP contribution >= 0.6 is 0 Å². The molecule has 0 aromatic heterocycles. The van der Waals surface area contributed by atoms with Crippen LogP contribution in [0.15, 0.2) is 70.9 Å². The van der Waals surface area contributed by atoms with E-state index in [0.717, 1.165) is 5.69 Å². The molecule has 0 spiro atoms. The molecule has 27 heavy (non-hydrogen) atoms. The van der Waals surface area contributed by atoms with Crippen molar-refractivity contribution in [1.82, 2.24) is 0 Å². The van der Waals surface area contributed by atoms with Gasteiger partial charge in [-0.2, -0.15) is 10.2 Å². The molecule has 0 saturated heterocycles. The molecule has 0 bridgehead atoms. The van der Waals surface area contributed by atoms with Crippen LogP contribution in [0.4, 0.5) is 11.4 Å². The summed E-state index contributed by atoms with van der Waals surface area (Å²) in [5.74, 6) is 0. The van der Waals surface area contributed by atoms with E-state index in [-0.39, 0.29) is 5.71 Å². The summed E-state index contributed by atoms with van der Waals surface area (Å²) in [6.45, 7) is 1.31. The monoisotopic (exact) mass is 372 g/mol. The van der Waals surface area contributed by atoms with Gasteiger partial charge >= 0.3 is 0 Å². The van der Waals surface area contributed by atoms with Crippen molar-refractivity contribution in [3.05, 3.63) is 60.7 Å². The second-order valence-electron chi connectivity index (χ2n) is 5.92. The fraction of sp³-hybridized carbons (Fsp3) is 0.263. The first-order chi connectivity index (χ1) is 13.0. The molecular weight excluding hydrogens is 348 g/mol. The first-order valence-electron chi connectivity index (χ1n) is 8.44. The van der Waals surface area contributed by atoms with Crippen molar-refractivity contribution in [2.45, 2.75) is 31.3 Å². The summed E-state index contributed by atoms with van der Waals surface area (Å²) in [7, 11) is 0. The maximum Gasteiger partial charge on any atom is 0.128 e. The first kappa shape index (κ1) is 20.5. The van der Waals surface area contributed by atoms with E-state index in [1.165, 1.54) is 13.1 Å². The number of benzene rings is 2. The van der Waals surface area contributed by atoms with E-state index in [0.29, 0.717) is 5.69 Å². The summed E-state index contributed by atoms with van der Waals surface area (Å²) in [4.78, 5) is 0. The fourth-order valence-corrected chi connectivity index (χ4v) is 2.15. The Bertz CT molecular complexity index is 738. The van der Waals surface area contributed by atoms with E-state index in [1.807, 2.05) is 36.4 Å². The molecule has 4 atom stereocenters. The van der Waals surface area contributed by atoms with E-state index >= 15 is 0 Å². The first-order valence-corrected chi connectivity index (χ1v) is 8.44. The second kappa shape index (κ2) is 10.4. The number of anilines is 2. The van der Waals surface area contributed by atoms with Gasteiger partial charge in [-0.3, -0.25) is 10.9 Å². The molecule has 144 valence electrons. The van der Waals surface area contributed by atoms with Crippen molar-refractivity contribution in [3.8, 4) is 0 Å². The largest absolute Gasteiger partial charge is 0.391 e. The van der Waals surface area contributed by atoms with Gasteiger partial charge in [0, 0.05) is 0 Å². The number of nitrogens with one attached hydrogen (secondary N) is 2. The van der Waals surface area contributed by atoms with Gasteiger partial charge in [0.05, 0.1) is 23.7 Å². The van der Waals surface area contributed by atoms with E-state index < -0.39 is 24.4 Å². The van der Waals surface area contributed by atoms with Crippen molar-refractivity contribution >= 4 is 23.3 Å². The lowest BCUT2D eigenvalue weighted by atomic mass is 10.0. The molecule has 8 nitrogen and oxygen atoms in total. The number of nitrogens with zero attached hydrogens (tertiary/aromatic N) is 2. The van der Waals surface area contributed by atoms with E-state index in [4.69, 9.17) is 0 Å². The van der Waals surface area contributed by atoms with Gasteiger partial charge in [0.25, 0.3) is 0 Å². The van der Waals surface area contributed by atoms with Crippen LogP contribution in [-0.2, 0) is 0 Å². The lowest BCUT2D eigenvalue weighted by molar-refractivity contribution is -0.0826. The van der Waals surface area contributed by atoms with E-state index in [2.05, 4.69) is 21.1 Å². The van der Waals surface area contributed by atoms with Crippen LogP contribution < -0.4 is 10.9 Å². The minimum atomic E-state index is -1.65. The zero-order valence-corrected chi connectivity index (χ0v) is 14.8. The highest BCUT2D eigenvalue weighted by Crippen LogP contribution is 2.09. The molecule has 0 aliphatic heterocycles. The molecule has 6 N–H and O–H groups in total. The van der Waals surface area contributed by atoms with Crippen molar-refractivity contribution in [1.29, 1.82) is 0 Å². The van der Waals surface area contributed by atoms with Gasteiger partial charge in [-0.1, -0.05) is 36.4 Å². The molecule has 0 radical (unpaired) electrons. The fourth-order valence-electron chi connectivity index (χ4n) is 2.15. The number of rotatable bonds is 9. The average Bonchev–Trinajstić information content (AvgIpc) is 2.70. The zero-order chi connectivity index (χ0) is 19.6. The molecular formula is C19H24N4O4. The molecule has 2 aromatic carbocycles. The van der Waals surface area contributed by atoms with Gasteiger partial charge in [0.1, 0.15) is 24.0 Å². The van der Waals surface area contributed by atoms with Gasteiger partial charge < -0.3 is 20.4 Å². The Morgan fingerprint density at radius 1 is 0.815 bits per heavy atom. The maximum absolute atomic E-state index is 10.4. The summed E-state index contributed by atoms with van der Waals surface area (Å²) in [6, 6.07) is 18.2. The van der Waals surface area contributed by atoms with E-state index in [1.54, 1.807) is 24.3 Å². The maximum atomic E-state index is 10.4.